The lowest BCUT2D eigenvalue weighted by Gasteiger charge is -2.32. The standard InChI is InChI=1S/C27H35NOS/c1-6-7-15-28-26(29)22-12-11-21-17-23(30-25(21)18-22)16-19(2)10-13-24-20(3)9-8-14-27(24,4)5/h10-13,16-18H,6-9,14-15H2,1-5H3,(H,28,29)/b13-10?,19-16+. The molecular formula is C27H35NOS. The summed E-state index contributed by atoms with van der Waals surface area (Å²) in [6.07, 6.45) is 12.7. The van der Waals surface area contributed by atoms with Gasteiger partial charge < -0.3 is 5.32 Å². The van der Waals surface area contributed by atoms with Crippen molar-refractivity contribution >= 4 is 33.4 Å². The third-order valence-electron chi connectivity index (χ3n) is 6.04. The zero-order valence-electron chi connectivity index (χ0n) is 19.1. The maximum Gasteiger partial charge on any atom is 0.251 e. The Bertz CT molecular complexity index is 1000. The van der Waals surface area contributed by atoms with Crippen molar-refractivity contribution in [2.45, 2.75) is 66.7 Å². The average Bonchev–Trinajstić information content (AvgIpc) is 3.08. The average molecular weight is 422 g/mol. The molecular weight excluding hydrogens is 386 g/mol. The number of carbonyl (C=O) groups excluding carboxylic acids is 1. The van der Waals surface area contributed by atoms with E-state index in [4.69, 9.17) is 0 Å². The molecule has 1 amide bonds. The molecule has 3 heteroatoms. The van der Waals surface area contributed by atoms with Gasteiger partial charge in [0, 0.05) is 21.7 Å². The second-order valence-electron chi connectivity index (χ2n) is 9.16. The minimum Gasteiger partial charge on any atom is -0.352 e. The topological polar surface area (TPSA) is 29.1 Å². The van der Waals surface area contributed by atoms with E-state index in [1.165, 1.54) is 46.2 Å². The molecule has 0 radical (unpaired) electrons. The first kappa shape index (κ1) is 22.6. The van der Waals surface area contributed by atoms with Gasteiger partial charge in [0.2, 0.25) is 0 Å². The predicted molar refractivity (Wildman–Crippen MR) is 132 cm³/mol. The molecule has 1 aromatic heterocycles. The maximum absolute atomic E-state index is 12.3. The molecule has 0 aliphatic heterocycles. The molecule has 30 heavy (non-hydrogen) atoms. The Morgan fingerprint density at radius 3 is 2.80 bits per heavy atom. The number of hydrogen-bond acceptors (Lipinski definition) is 2. The van der Waals surface area contributed by atoms with Gasteiger partial charge in [0.05, 0.1) is 0 Å². The Kier molecular flexibility index (Phi) is 7.36. The number of rotatable bonds is 7. The van der Waals surface area contributed by atoms with E-state index < -0.39 is 0 Å². The quantitative estimate of drug-likeness (QED) is 0.357. The third kappa shape index (κ3) is 5.51. The first-order chi connectivity index (χ1) is 14.3. The summed E-state index contributed by atoms with van der Waals surface area (Å²) < 4.78 is 1.16. The summed E-state index contributed by atoms with van der Waals surface area (Å²) in [5, 5.41) is 4.20. The minimum absolute atomic E-state index is 0.0219. The van der Waals surface area contributed by atoms with E-state index >= 15 is 0 Å². The van der Waals surface area contributed by atoms with Crippen molar-refractivity contribution in [3.05, 3.63) is 63.6 Å². The summed E-state index contributed by atoms with van der Waals surface area (Å²) in [4.78, 5) is 13.6. The van der Waals surface area contributed by atoms with Crippen molar-refractivity contribution in [2.24, 2.45) is 5.41 Å². The van der Waals surface area contributed by atoms with Crippen LogP contribution < -0.4 is 5.32 Å². The molecule has 2 nitrogen and oxygen atoms in total. The van der Waals surface area contributed by atoms with E-state index in [-0.39, 0.29) is 11.3 Å². The van der Waals surface area contributed by atoms with Crippen molar-refractivity contribution in [3.63, 3.8) is 0 Å². The number of amides is 1. The molecule has 1 aliphatic carbocycles. The second-order valence-corrected chi connectivity index (χ2v) is 10.3. The summed E-state index contributed by atoms with van der Waals surface area (Å²) in [6.45, 7) is 12.0. The SMILES string of the molecule is CCCCNC(=O)c1ccc2cc(/C=C(\C)C=CC3=C(C)CCCC3(C)C)sc2c1. The van der Waals surface area contributed by atoms with Gasteiger partial charge in [0.1, 0.15) is 0 Å². The number of unbranched alkanes of at least 4 members (excludes halogenated alkanes) is 1. The highest BCUT2D eigenvalue weighted by Gasteiger charge is 2.26. The zero-order valence-corrected chi connectivity index (χ0v) is 19.9. The second kappa shape index (κ2) is 9.78. The molecule has 1 heterocycles. The van der Waals surface area contributed by atoms with Gasteiger partial charge in [0.15, 0.2) is 0 Å². The van der Waals surface area contributed by atoms with E-state index in [1.807, 2.05) is 12.1 Å². The molecule has 1 N–H and O–H groups in total. The molecule has 0 saturated heterocycles. The predicted octanol–water partition coefficient (Wildman–Crippen LogP) is 7.92. The van der Waals surface area contributed by atoms with E-state index in [0.29, 0.717) is 0 Å². The summed E-state index contributed by atoms with van der Waals surface area (Å²) in [6, 6.07) is 8.21. The number of hydrogen-bond donors (Lipinski definition) is 1. The van der Waals surface area contributed by atoms with Gasteiger partial charge in [-0.25, -0.2) is 0 Å². The molecule has 0 saturated carbocycles. The maximum atomic E-state index is 12.3. The molecule has 0 unspecified atom stereocenters. The molecule has 1 aromatic carbocycles. The lowest BCUT2D eigenvalue weighted by Crippen LogP contribution is -2.24. The highest BCUT2D eigenvalue weighted by molar-refractivity contribution is 7.19. The largest absolute Gasteiger partial charge is 0.352 e. The summed E-state index contributed by atoms with van der Waals surface area (Å²) in [7, 11) is 0. The molecule has 3 rings (SSSR count). The van der Waals surface area contributed by atoms with Crippen LogP contribution in [0, 0.1) is 5.41 Å². The van der Waals surface area contributed by atoms with Crippen LogP contribution in [-0.4, -0.2) is 12.5 Å². The molecule has 2 aromatic rings. The highest BCUT2D eigenvalue weighted by Crippen LogP contribution is 2.40. The van der Waals surface area contributed by atoms with Gasteiger partial charge in [0.25, 0.3) is 5.91 Å². The fourth-order valence-electron chi connectivity index (χ4n) is 4.24. The number of nitrogens with one attached hydrogen (secondary N) is 1. The monoisotopic (exact) mass is 421 g/mol. The lowest BCUT2D eigenvalue weighted by atomic mass is 9.72. The summed E-state index contributed by atoms with van der Waals surface area (Å²) in [5.41, 5.74) is 5.29. The molecule has 1 aliphatic rings. The zero-order chi connectivity index (χ0) is 21.7. The van der Waals surface area contributed by atoms with E-state index in [9.17, 15) is 4.79 Å². The van der Waals surface area contributed by atoms with Crippen LogP contribution in [0.15, 0.2) is 53.1 Å². The minimum atomic E-state index is 0.0219. The van der Waals surface area contributed by atoms with Crippen LogP contribution in [-0.2, 0) is 0 Å². The van der Waals surface area contributed by atoms with Crippen molar-refractivity contribution in [3.8, 4) is 0 Å². The Hall–Kier alpha value is -2.13. The molecule has 160 valence electrons. The lowest BCUT2D eigenvalue weighted by molar-refractivity contribution is 0.0953. The van der Waals surface area contributed by atoms with Crippen LogP contribution in [0.3, 0.4) is 0 Å². The third-order valence-corrected chi connectivity index (χ3v) is 7.09. The Balaban J connectivity index is 1.76. The van der Waals surface area contributed by atoms with Gasteiger partial charge in [-0.2, -0.15) is 0 Å². The van der Waals surface area contributed by atoms with Gasteiger partial charge in [-0.15, -0.1) is 11.3 Å². The molecule has 0 spiro atoms. The van der Waals surface area contributed by atoms with Crippen molar-refractivity contribution in [2.75, 3.05) is 6.54 Å². The van der Waals surface area contributed by atoms with Crippen LogP contribution in [0.4, 0.5) is 0 Å². The number of carbonyl (C=O) groups is 1. The number of benzene rings is 1. The molecule has 0 bridgehead atoms. The fourth-order valence-corrected chi connectivity index (χ4v) is 5.36. The smallest absolute Gasteiger partial charge is 0.251 e. The number of thiophene rings is 1. The fraction of sp³-hybridized carbons (Fsp3) is 0.444. The summed E-state index contributed by atoms with van der Waals surface area (Å²) >= 11 is 1.75. The van der Waals surface area contributed by atoms with E-state index in [2.05, 4.69) is 70.3 Å². The Morgan fingerprint density at radius 2 is 2.07 bits per heavy atom. The van der Waals surface area contributed by atoms with Crippen molar-refractivity contribution in [1.29, 1.82) is 0 Å². The molecule has 0 fully saturated rings. The van der Waals surface area contributed by atoms with Crippen LogP contribution in [0.5, 0.6) is 0 Å². The van der Waals surface area contributed by atoms with Crippen LogP contribution >= 0.6 is 11.3 Å². The van der Waals surface area contributed by atoms with Gasteiger partial charge in [-0.05, 0) is 85.8 Å². The normalized spacial score (nSPS) is 17.2. The van der Waals surface area contributed by atoms with Gasteiger partial charge >= 0.3 is 0 Å². The Labute approximate surface area is 185 Å². The van der Waals surface area contributed by atoms with E-state index in [0.717, 1.165) is 29.6 Å². The van der Waals surface area contributed by atoms with Gasteiger partial charge in [-0.1, -0.05) is 51.0 Å². The van der Waals surface area contributed by atoms with E-state index in [1.54, 1.807) is 11.3 Å². The van der Waals surface area contributed by atoms with Crippen LogP contribution in [0.1, 0.15) is 82.0 Å². The highest BCUT2D eigenvalue weighted by atomic mass is 32.1. The van der Waals surface area contributed by atoms with Crippen LogP contribution in [0.25, 0.3) is 16.2 Å². The van der Waals surface area contributed by atoms with Crippen molar-refractivity contribution in [1.82, 2.24) is 5.32 Å². The molecule has 0 atom stereocenters. The first-order valence-electron chi connectivity index (χ1n) is 11.2. The number of allylic oxidation sites excluding steroid dienone is 5. The Morgan fingerprint density at radius 1 is 1.27 bits per heavy atom. The number of fused-ring (bicyclic) bond motifs is 1. The van der Waals surface area contributed by atoms with Crippen LogP contribution in [0.2, 0.25) is 0 Å². The van der Waals surface area contributed by atoms with Gasteiger partial charge in [-0.3, -0.25) is 4.79 Å². The first-order valence-corrected chi connectivity index (χ1v) is 12.0. The summed E-state index contributed by atoms with van der Waals surface area (Å²) in [5.74, 6) is 0.0219. The van der Waals surface area contributed by atoms with Crippen molar-refractivity contribution < 1.29 is 4.79 Å².